The van der Waals surface area contributed by atoms with Crippen LogP contribution < -0.4 is 5.32 Å². The Labute approximate surface area is 118 Å². The van der Waals surface area contributed by atoms with Crippen molar-refractivity contribution in [3.05, 3.63) is 35.4 Å². The molecule has 1 aromatic carbocycles. The highest BCUT2D eigenvalue weighted by molar-refractivity contribution is 5.26. The van der Waals surface area contributed by atoms with E-state index in [2.05, 4.69) is 57.3 Å². The van der Waals surface area contributed by atoms with E-state index >= 15 is 0 Å². The van der Waals surface area contributed by atoms with Crippen LogP contribution in [0, 0.1) is 12.8 Å². The van der Waals surface area contributed by atoms with Gasteiger partial charge in [0.15, 0.2) is 0 Å². The summed E-state index contributed by atoms with van der Waals surface area (Å²) in [5.41, 5.74) is 3.13. The zero-order valence-corrected chi connectivity index (χ0v) is 13.0. The first-order valence-electron chi connectivity index (χ1n) is 7.77. The number of benzene rings is 1. The zero-order valence-electron chi connectivity index (χ0n) is 13.0. The molecule has 0 heterocycles. The van der Waals surface area contributed by atoms with Gasteiger partial charge in [0.25, 0.3) is 0 Å². The Kier molecular flexibility index (Phi) is 4.67. The summed E-state index contributed by atoms with van der Waals surface area (Å²) in [5.74, 6) is 1.55. The van der Waals surface area contributed by atoms with Crippen LogP contribution in [0.1, 0.15) is 63.5 Å². The molecule has 1 unspecified atom stereocenters. The maximum Gasteiger partial charge on any atom is 0.00967 e. The monoisotopic (exact) mass is 259 g/mol. The summed E-state index contributed by atoms with van der Waals surface area (Å²) in [4.78, 5) is 0. The average Bonchev–Trinajstić information content (AvgIpc) is 2.81. The lowest BCUT2D eigenvalue weighted by Crippen LogP contribution is -2.39. The molecule has 0 amide bonds. The normalized spacial score (nSPS) is 18.7. The second-order valence-electron chi connectivity index (χ2n) is 7.20. The van der Waals surface area contributed by atoms with E-state index in [1.54, 1.807) is 0 Å². The van der Waals surface area contributed by atoms with E-state index < -0.39 is 0 Å². The Morgan fingerprint density at radius 3 is 2.47 bits per heavy atom. The minimum Gasteiger partial charge on any atom is -0.311 e. The van der Waals surface area contributed by atoms with Gasteiger partial charge >= 0.3 is 0 Å². The van der Waals surface area contributed by atoms with Crippen molar-refractivity contribution < 1.29 is 0 Å². The first-order valence-corrected chi connectivity index (χ1v) is 7.77. The molecule has 1 N–H and O–H groups in total. The van der Waals surface area contributed by atoms with Crippen LogP contribution in [-0.2, 0) is 0 Å². The van der Waals surface area contributed by atoms with Crippen LogP contribution in [0.15, 0.2) is 24.3 Å². The smallest absolute Gasteiger partial charge is 0.00967 e. The molecule has 0 spiro atoms. The van der Waals surface area contributed by atoms with Crippen molar-refractivity contribution in [2.75, 3.05) is 6.54 Å². The maximum absolute atomic E-state index is 3.72. The van der Waals surface area contributed by atoms with Crippen LogP contribution in [-0.4, -0.2) is 12.1 Å². The molecule has 0 radical (unpaired) electrons. The molecule has 106 valence electrons. The Morgan fingerprint density at radius 1 is 1.21 bits per heavy atom. The van der Waals surface area contributed by atoms with E-state index in [-0.39, 0.29) is 5.54 Å². The lowest BCUT2D eigenvalue weighted by Gasteiger charge is -2.29. The van der Waals surface area contributed by atoms with Gasteiger partial charge in [-0.05, 0) is 57.9 Å². The Balaban J connectivity index is 2.13. The third kappa shape index (κ3) is 4.35. The molecule has 19 heavy (non-hydrogen) atoms. The van der Waals surface area contributed by atoms with Gasteiger partial charge in [-0.1, -0.05) is 42.7 Å². The van der Waals surface area contributed by atoms with Crippen LogP contribution in [0.2, 0.25) is 0 Å². The van der Waals surface area contributed by atoms with Gasteiger partial charge in [-0.15, -0.1) is 0 Å². The molecule has 1 saturated carbocycles. The number of rotatable bonds is 4. The van der Waals surface area contributed by atoms with E-state index in [1.807, 2.05) is 0 Å². The van der Waals surface area contributed by atoms with Gasteiger partial charge in [0.1, 0.15) is 0 Å². The van der Waals surface area contributed by atoms with E-state index in [9.17, 15) is 0 Å². The number of hydrogen-bond donors (Lipinski definition) is 1. The van der Waals surface area contributed by atoms with Crippen molar-refractivity contribution in [1.29, 1.82) is 0 Å². The minimum atomic E-state index is 0.209. The van der Waals surface area contributed by atoms with Crippen molar-refractivity contribution in [1.82, 2.24) is 5.32 Å². The fraction of sp³-hybridized carbons (Fsp3) is 0.667. The molecule has 1 aromatic rings. The van der Waals surface area contributed by atoms with Crippen LogP contribution in [0.4, 0.5) is 0 Å². The Bertz CT molecular complexity index is 396. The molecule has 1 aliphatic carbocycles. The predicted octanol–water partition coefficient (Wildman–Crippen LogP) is 4.66. The first-order chi connectivity index (χ1) is 8.96. The predicted molar refractivity (Wildman–Crippen MR) is 83.6 cm³/mol. The molecule has 1 nitrogen and oxygen atoms in total. The Morgan fingerprint density at radius 2 is 1.89 bits per heavy atom. The second-order valence-corrected chi connectivity index (χ2v) is 7.20. The number of hydrogen-bond acceptors (Lipinski definition) is 1. The average molecular weight is 259 g/mol. The van der Waals surface area contributed by atoms with Crippen molar-refractivity contribution in [2.45, 2.75) is 64.8 Å². The summed E-state index contributed by atoms with van der Waals surface area (Å²) in [6, 6.07) is 9.11. The van der Waals surface area contributed by atoms with E-state index in [4.69, 9.17) is 0 Å². The van der Waals surface area contributed by atoms with Gasteiger partial charge in [-0.2, -0.15) is 0 Å². The van der Waals surface area contributed by atoms with E-state index in [0.29, 0.717) is 5.92 Å². The molecule has 1 aliphatic rings. The summed E-state index contributed by atoms with van der Waals surface area (Å²) < 4.78 is 0. The third-order valence-electron chi connectivity index (χ3n) is 4.29. The molecular formula is C18H29N. The van der Waals surface area contributed by atoms with E-state index in [0.717, 1.165) is 12.5 Å². The maximum atomic E-state index is 3.72. The largest absolute Gasteiger partial charge is 0.311 e. The lowest BCUT2D eigenvalue weighted by atomic mass is 9.83. The van der Waals surface area contributed by atoms with Gasteiger partial charge in [-0.3, -0.25) is 0 Å². The molecule has 0 aromatic heterocycles. The summed E-state index contributed by atoms with van der Waals surface area (Å²) >= 11 is 0. The highest BCUT2D eigenvalue weighted by Crippen LogP contribution is 2.37. The molecule has 1 heteroatoms. The third-order valence-corrected chi connectivity index (χ3v) is 4.29. The molecule has 1 fully saturated rings. The fourth-order valence-electron chi connectivity index (χ4n) is 3.23. The van der Waals surface area contributed by atoms with E-state index in [1.165, 1.54) is 36.8 Å². The van der Waals surface area contributed by atoms with Crippen molar-refractivity contribution in [3.8, 4) is 0 Å². The summed E-state index contributed by atoms with van der Waals surface area (Å²) in [5, 5.41) is 3.72. The molecule has 2 rings (SSSR count). The van der Waals surface area contributed by atoms with Gasteiger partial charge in [0.05, 0.1) is 0 Å². The number of nitrogens with one attached hydrogen (secondary N) is 1. The molecular weight excluding hydrogens is 230 g/mol. The highest BCUT2D eigenvalue weighted by atomic mass is 14.9. The molecule has 0 bridgehead atoms. The number of aryl methyl sites for hydroxylation is 1. The zero-order chi connectivity index (χ0) is 13.9. The Hall–Kier alpha value is -0.820. The summed E-state index contributed by atoms with van der Waals surface area (Å²) in [6.07, 6.45) is 5.65. The standard InChI is InChI=1S/C18H29N/c1-14-8-7-11-16(12-14)17(13-19-18(2,3)4)15-9-5-6-10-15/h7-8,11-12,15,17,19H,5-6,9-10,13H2,1-4H3. The van der Waals surface area contributed by atoms with Crippen LogP contribution in [0.3, 0.4) is 0 Å². The van der Waals surface area contributed by atoms with Crippen LogP contribution in [0.5, 0.6) is 0 Å². The van der Waals surface area contributed by atoms with Crippen LogP contribution in [0.25, 0.3) is 0 Å². The van der Waals surface area contributed by atoms with Gasteiger partial charge < -0.3 is 5.32 Å². The van der Waals surface area contributed by atoms with Crippen molar-refractivity contribution in [2.24, 2.45) is 5.92 Å². The summed E-state index contributed by atoms with van der Waals surface area (Å²) in [6.45, 7) is 10.1. The first kappa shape index (κ1) is 14.6. The van der Waals surface area contributed by atoms with Gasteiger partial charge in [0.2, 0.25) is 0 Å². The second kappa shape index (κ2) is 6.09. The van der Waals surface area contributed by atoms with Gasteiger partial charge in [-0.25, -0.2) is 0 Å². The SMILES string of the molecule is Cc1cccc(C(CNC(C)(C)C)C2CCCC2)c1. The van der Waals surface area contributed by atoms with Crippen molar-refractivity contribution in [3.63, 3.8) is 0 Å². The highest BCUT2D eigenvalue weighted by Gasteiger charge is 2.27. The molecule has 1 atom stereocenters. The van der Waals surface area contributed by atoms with Crippen molar-refractivity contribution >= 4 is 0 Å². The summed E-state index contributed by atoms with van der Waals surface area (Å²) in [7, 11) is 0. The van der Waals surface area contributed by atoms with Crippen LogP contribution >= 0.6 is 0 Å². The molecule has 0 saturated heterocycles. The topological polar surface area (TPSA) is 12.0 Å². The quantitative estimate of drug-likeness (QED) is 0.829. The fourth-order valence-corrected chi connectivity index (χ4v) is 3.23. The lowest BCUT2D eigenvalue weighted by molar-refractivity contribution is 0.351. The molecule has 0 aliphatic heterocycles. The van der Waals surface area contributed by atoms with Gasteiger partial charge in [0, 0.05) is 12.1 Å². The minimum absolute atomic E-state index is 0.209.